The van der Waals surface area contributed by atoms with Gasteiger partial charge in [-0.2, -0.15) is 0 Å². The third-order valence-electron chi connectivity index (χ3n) is 2.22. The molecule has 1 saturated heterocycles. The molecular weight excluding hydrogens is 232 g/mol. The van der Waals surface area contributed by atoms with E-state index in [0.29, 0.717) is 18.1 Å². The van der Waals surface area contributed by atoms with Crippen molar-refractivity contribution in [1.82, 2.24) is 10.2 Å². The fraction of sp³-hybridized carbons (Fsp3) is 0.667. The number of amides is 2. The van der Waals surface area contributed by atoms with Gasteiger partial charge in [0.2, 0.25) is 11.8 Å². The van der Waals surface area contributed by atoms with Gasteiger partial charge in [0.1, 0.15) is 12.6 Å². The maximum absolute atomic E-state index is 11.6. The van der Waals surface area contributed by atoms with Crippen molar-refractivity contribution in [2.24, 2.45) is 0 Å². The monoisotopic (exact) mass is 246 g/mol. The maximum Gasteiger partial charge on any atom is 0.322 e. The fourth-order valence-electron chi connectivity index (χ4n) is 1.39. The topological polar surface area (TPSA) is 86.7 Å². The second kappa shape index (κ2) is 5.74. The summed E-state index contributed by atoms with van der Waals surface area (Å²) in [5.74, 6) is -0.545. The lowest BCUT2D eigenvalue weighted by Crippen LogP contribution is -2.48. The van der Waals surface area contributed by atoms with Crippen LogP contribution >= 0.6 is 11.8 Å². The molecule has 0 aromatic rings. The van der Waals surface area contributed by atoms with Gasteiger partial charge in [0.15, 0.2) is 0 Å². The number of aliphatic carboxylic acids is 1. The Hall–Kier alpha value is -1.24. The molecule has 16 heavy (non-hydrogen) atoms. The molecule has 1 rings (SSSR count). The van der Waals surface area contributed by atoms with Crippen LogP contribution in [0.2, 0.25) is 0 Å². The lowest BCUT2D eigenvalue weighted by Gasteiger charge is -2.22. The van der Waals surface area contributed by atoms with Crippen LogP contribution in [0.5, 0.6) is 0 Å². The number of nitrogens with zero attached hydrogens (tertiary/aromatic N) is 1. The summed E-state index contributed by atoms with van der Waals surface area (Å²) in [5, 5.41) is 10.7. The van der Waals surface area contributed by atoms with Crippen molar-refractivity contribution in [3.05, 3.63) is 0 Å². The molecule has 7 heteroatoms. The Bertz CT molecular complexity index is 308. The van der Waals surface area contributed by atoms with E-state index in [4.69, 9.17) is 5.11 Å². The van der Waals surface area contributed by atoms with Gasteiger partial charge in [0.05, 0.1) is 5.88 Å². The highest BCUT2D eigenvalue weighted by Crippen LogP contribution is 2.21. The van der Waals surface area contributed by atoms with Gasteiger partial charge >= 0.3 is 5.97 Å². The van der Waals surface area contributed by atoms with E-state index in [-0.39, 0.29) is 5.91 Å². The van der Waals surface area contributed by atoms with Gasteiger partial charge < -0.3 is 15.3 Å². The Labute approximate surface area is 97.4 Å². The zero-order valence-electron chi connectivity index (χ0n) is 8.93. The third-order valence-corrected chi connectivity index (χ3v) is 3.23. The number of carbonyl (C=O) groups is 3. The van der Waals surface area contributed by atoms with E-state index in [1.807, 2.05) is 0 Å². The fourth-order valence-corrected chi connectivity index (χ4v) is 2.57. The Balaban J connectivity index is 2.54. The van der Waals surface area contributed by atoms with Crippen LogP contribution in [0.3, 0.4) is 0 Å². The Kier molecular flexibility index (Phi) is 4.60. The zero-order valence-corrected chi connectivity index (χ0v) is 9.75. The van der Waals surface area contributed by atoms with Crippen molar-refractivity contribution >= 4 is 29.5 Å². The van der Waals surface area contributed by atoms with Crippen LogP contribution in [0, 0.1) is 0 Å². The SMILES string of the molecule is CCC(=O)N1CSCC1C(=O)NCC(=O)O. The highest BCUT2D eigenvalue weighted by molar-refractivity contribution is 7.99. The number of carboxylic acids is 1. The van der Waals surface area contributed by atoms with E-state index in [9.17, 15) is 14.4 Å². The summed E-state index contributed by atoms with van der Waals surface area (Å²) in [6.07, 6.45) is 0.350. The van der Waals surface area contributed by atoms with E-state index in [1.165, 1.54) is 16.7 Å². The van der Waals surface area contributed by atoms with Crippen molar-refractivity contribution in [3.63, 3.8) is 0 Å². The molecule has 0 aromatic heterocycles. The van der Waals surface area contributed by atoms with Crippen molar-refractivity contribution in [2.75, 3.05) is 18.2 Å². The van der Waals surface area contributed by atoms with Gasteiger partial charge in [-0.3, -0.25) is 14.4 Å². The van der Waals surface area contributed by atoms with Crippen molar-refractivity contribution in [2.45, 2.75) is 19.4 Å². The zero-order chi connectivity index (χ0) is 12.1. The number of hydrogen-bond donors (Lipinski definition) is 2. The van der Waals surface area contributed by atoms with Crippen LogP contribution in [-0.4, -0.2) is 52.0 Å². The van der Waals surface area contributed by atoms with E-state index >= 15 is 0 Å². The molecule has 0 spiro atoms. The molecule has 1 aliphatic heterocycles. The van der Waals surface area contributed by atoms with Crippen molar-refractivity contribution in [3.8, 4) is 0 Å². The molecule has 0 aromatic carbocycles. The minimum absolute atomic E-state index is 0.0829. The largest absolute Gasteiger partial charge is 0.480 e. The van der Waals surface area contributed by atoms with Gasteiger partial charge in [0.25, 0.3) is 0 Å². The first-order chi connectivity index (χ1) is 7.56. The summed E-state index contributed by atoms with van der Waals surface area (Å²) < 4.78 is 0. The van der Waals surface area contributed by atoms with Crippen LogP contribution in [0.4, 0.5) is 0 Å². The number of thioether (sulfide) groups is 1. The Morgan fingerprint density at radius 3 is 2.75 bits per heavy atom. The molecule has 90 valence electrons. The molecule has 6 nitrogen and oxygen atoms in total. The summed E-state index contributed by atoms with van der Waals surface area (Å²) in [6, 6.07) is -0.531. The summed E-state index contributed by atoms with van der Waals surface area (Å²) in [7, 11) is 0. The molecule has 1 atom stereocenters. The highest BCUT2D eigenvalue weighted by atomic mass is 32.2. The highest BCUT2D eigenvalue weighted by Gasteiger charge is 2.33. The van der Waals surface area contributed by atoms with E-state index in [0.717, 1.165) is 0 Å². The number of nitrogens with one attached hydrogen (secondary N) is 1. The third kappa shape index (κ3) is 3.13. The maximum atomic E-state index is 11.6. The second-order valence-corrected chi connectivity index (χ2v) is 4.34. The van der Waals surface area contributed by atoms with Crippen LogP contribution in [0.1, 0.15) is 13.3 Å². The predicted molar refractivity (Wildman–Crippen MR) is 58.9 cm³/mol. The summed E-state index contributed by atoms with van der Waals surface area (Å²) in [5.41, 5.74) is 0. The van der Waals surface area contributed by atoms with Crippen molar-refractivity contribution < 1.29 is 19.5 Å². The number of carboxylic acid groups (broad SMARTS) is 1. The first kappa shape index (κ1) is 12.8. The van der Waals surface area contributed by atoms with Gasteiger partial charge in [0, 0.05) is 12.2 Å². The first-order valence-electron chi connectivity index (χ1n) is 4.93. The van der Waals surface area contributed by atoms with Crippen LogP contribution in [0.15, 0.2) is 0 Å². The summed E-state index contributed by atoms with van der Waals surface area (Å²) >= 11 is 1.49. The van der Waals surface area contributed by atoms with Gasteiger partial charge in [-0.05, 0) is 0 Å². The van der Waals surface area contributed by atoms with Crippen LogP contribution < -0.4 is 5.32 Å². The molecule has 0 bridgehead atoms. The molecule has 2 N–H and O–H groups in total. The Morgan fingerprint density at radius 1 is 1.50 bits per heavy atom. The second-order valence-electron chi connectivity index (χ2n) is 3.34. The standard InChI is InChI=1S/C9H14N2O4S/c1-2-7(12)11-5-16-4-6(11)9(15)10-3-8(13)14/h6H,2-5H2,1H3,(H,10,15)(H,13,14). The number of carbonyl (C=O) groups excluding carboxylic acids is 2. The summed E-state index contributed by atoms with van der Waals surface area (Å²) in [4.78, 5) is 34.9. The van der Waals surface area contributed by atoms with Crippen molar-refractivity contribution in [1.29, 1.82) is 0 Å². The predicted octanol–water partition coefficient (Wildman–Crippen LogP) is -0.501. The van der Waals surface area contributed by atoms with Gasteiger partial charge in [-0.15, -0.1) is 11.8 Å². The minimum Gasteiger partial charge on any atom is -0.480 e. The molecule has 0 aliphatic carbocycles. The molecule has 1 aliphatic rings. The average molecular weight is 246 g/mol. The lowest BCUT2D eigenvalue weighted by molar-refractivity contribution is -0.140. The molecule has 1 fully saturated rings. The van der Waals surface area contributed by atoms with Gasteiger partial charge in [-0.25, -0.2) is 0 Å². The average Bonchev–Trinajstić information content (AvgIpc) is 2.73. The van der Waals surface area contributed by atoms with E-state index < -0.39 is 24.5 Å². The molecule has 2 amide bonds. The molecule has 1 heterocycles. The van der Waals surface area contributed by atoms with E-state index in [2.05, 4.69) is 5.32 Å². The molecular formula is C9H14N2O4S. The quantitative estimate of drug-likeness (QED) is 0.698. The van der Waals surface area contributed by atoms with Gasteiger partial charge in [-0.1, -0.05) is 6.92 Å². The Morgan fingerprint density at radius 2 is 2.19 bits per heavy atom. The van der Waals surface area contributed by atoms with Crippen LogP contribution in [-0.2, 0) is 14.4 Å². The minimum atomic E-state index is -1.09. The normalized spacial score (nSPS) is 19.6. The summed E-state index contributed by atoms with van der Waals surface area (Å²) in [6.45, 7) is 1.33. The molecule has 1 unspecified atom stereocenters. The lowest BCUT2D eigenvalue weighted by atomic mass is 10.2. The number of rotatable bonds is 4. The van der Waals surface area contributed by atoms with E-state index in [1.54, 1.807) is 6.92 Å². The smallest absolute Gasteiger partial charge is 0.322 e. The first-order valence-corrected chi connectivity index (χ1v) is 6.08. The number of hydrogen-bond acceptors (Lipinski definition) is 4. The molecule has 0 radical (unpaired) electrons. The molecule has 0 saturated carbocycles. The van der Waals surface area contributed by atoms with Crippen LogP contribution in [0.25, 0.3) is 0 Å².